The first-order chi connectivity index (χ1) is 10.0. The van der Waals surface area contributed by atoms with Crippen LogP contribution in [0.2, 0.25) is 5.15 Å². The Morgan fingerprint density at radius 2 is 2.19 bits per heavy atom. The Hall–Kier alpha value is -1.44. The van der Waals surface area contributed by atoms with Gasteiger partial charge >= 0.3 is 0 Å². The molecule has 0 amide bonds. The van der Waals surface area contributed by atoms with Gasteiger partial charge in [0.2, 0.25) is 5.89 Å². The van der Waals surface area contributed by atoms with Gasteiger partial charge in [-0.2, -0.15) is 10.1 Å². The van der Waals surface area contributed by atoms with Crippen LogP contribution in [0.5, 0.6) is 0 Å². The number of halogens is 1. The van der Waals surface area contributed by atoms with Gasteiger partial charge in [-0.05, 0) is 20.9 Å². The Kier molecular flexibility index (Phi) is 3.97. The zero-order valence-electron chi connectivity index (χ0n) is 12.4. The van der Waals surface area contributed by atoms with Crippen molar-refractivity contribution < 1.29 is 4.52 Å². The number of likely N-dealkylation sites (N-methyl/N-ethyl adjacent to an activating group) is 1. The monoisotopic (exact) mass is 310 g/mol. The second-order valence-electron chi connectivity index (χ2n) is 5.53. The molecule has 2 aromatic heterocycles. The minimum atomic E-state index is 0.117. The number of nitrogens with one attached hydrogen (secondary N) is 1. The lowest BCUT2D eigenvalue weighted by Gasteiger charge is -2.37. The maximum absolute atomic E-state index is 6.13. The minimum absolute atomic E-state index is 0.117. The predicted molar refractivity (Wildman–Crippen MR) is 78.0 cm³/mol. The van der Waals surface area contributed by atoms with Gasteiger partial charge in [-0.3, -0.25) is 14.9 Å². The van der Waals surface area contributed by atoms with Crippen molar-refractivity contribution in [1.82, 2.24) is 30.1 Å². The van der Waals surface area contributed by atoms with Gasteiger partial charge in [0.05, 0.1) is 0 Å². The summed E-state index contributed by atoms with van der Waals surface area (Å²) in [6, 6.07) is 0.117. The number of hydrogen-bond donors (Lipinski definition) is 1. The molecule has 8 heteroatoms. The highest BCUT2D eigenvalue weighted by Gasteiger charge is 2.30. The van der Waals surface area contributed by atoms with Crippen LogP contribution in [0.15, 0.2) is 4.52 Å². The van der Waals surface area contributed by atoms with Gasteiger partial charge in [-0.25, -0.2) is 0 Å². The van der Waals surface area contributed by atoms with Gasteiger partial charge in [0.15, 0.2) is 11.0 Å². The van der Waals surface area contributed by atoms with Crippen LogP contribution in [-0.4, -0.2) is 56.8 Å². The molecular formula is C13H19ClN6O. The van der Waals surface area contributed by atoms with Gasteiger partial charge in [0.25, 0.3) is 0 Å². The van der Waals surface area contributed by atoms with Crippen molar-refractivity contribution in [3.8, 4) is 0 Å². The smallest absolute Gasteiger partial charge is 0.245 e. The summed E-state index contributed by atoms with van der Waals surface area (Å²) >= 11 is 6.13. The fourth-order valence-electron chi connectivity index (χ4n) is 2.62. The van der Waals surface area contributed by atoms with E-state index >= 15 is 0 Å². The molecule has 1 unspecified atom stereocenters. The molecule has 7 nitrogen and oxygen atoms in total. The highest BCUT2D eigenvalue weighted by molar-refractivity contribution is 6.30. The van der Waals surface area contributed by atoms with E-state index in [1.165, 1.54) is 0 Å². The largest absolute Gasteiger partial charge is 0.338 e. The molecule has 0 aliphatic carbocycles. The standard InChI is InChI=1S/C13H19ClN6O/c1-8-10(12(14)17-16-8)6-20-5-4-19(3)11(7-20)13-15-9(2)18-21-13/h11H,4-7H2,1-3H3,(H,16,17). The van der Waals surface area contributed by atoms with Gasteiger partial charge in [-0.1, -0.05) is 16.8 Å². The van der Waals surface area contributed by atoms with Crippen LogP contribution in [0.1, 0.15) is 29.0 Å². The third-order valence-corrected chi connectivity index (χ3v) is 4.28. The van der Waals surface area contributed by atoms with Gasteiger partial charge < -0.3 is 4.52 Å². The van der Waals surface area contributed by atoms with Crippen LogP contribution < -0.4 is 0 Å². The van der Waals surface area contributed by atoms with E-state index in [0.29, 0.717) is 16.9 Å². The summed E-state index contributed by atoms with van der Waals surface area (Å²) in [6.07, 6.45) is 0. The van der Waals surface area contributed by atoms with Crippen molar-refractivity contribution in [1.29, 1.82) is 0 Å². The lowest BCUT2D eigenvalue weighted by atomic mass is 10.1. The molecule has 1 N–H and O–H groups in total. The molecule has 0 aromatic carbocycles. The lowest BCUT2D eigenvalue weighted by molar-refractivity contribution is 0.0714. The zero-order chi connectivity index (χ0) is 15.0. The number of H-pyrrole nitrogens is 1. The molecule has 1 aliphatic rings. The Labute approximate surface area is 128 Å². The summed E-state index contributed by atoms with van der Waals surface area (Å²) in [5.74, 6) is 1.35. The number of nitrogens with zero attached hydrogens (tertiary/aromatic N) is 5. The van der Waals surface area contributed by atoms with E-state index < -0.39 is 0 Å². The Bertz CT molecular complexity index is 604. The van der Waals surface area contributed by atoms with Crippen LogP contribution in [0, 0.1) is 13.8 Å². The average Bonchev–Trinajstić information content (AvgIpc) is 3.01. The molecule has 114 valence electrons. The van der Waals surface area contributed by atoms with Crippen molar-refractivity contribution >= 4 is 11.6 Å². The zero-order valence-corrected chi connectivity index (χ0v) is 13.2. The van der Waals surface area contributed by atoms with E-state index in [0.717, 1.165) is 37.4 Å². The van der Waals surface area contributed by atoms with Crippen molar-refractivity contribution in [2.45, 2.75) is 26.4 Å². The maximum Gasteiger partial charge on any atom is 0.245 e. The third-order valence-electron chi connectivity index (χ3n) is 3.97. The quantitative estimate of drug-likeness (QED) is 0.927. The second-order valence-corrected chi connectivity index (χ2v) is 5.89. The molecule has 3 heterocycles. The molecule has 1 fully saturated rings. The summed E-state index contributed by atoms with van der Waals surface area (Å²) in [6.45, 7) is 7.35. The first-order valence-corrected chi connectivity index (χ1v) is 7.34. The van der Waals surface area contributed by atoms with E-state index in [-0.39, 0.29) is 6.04 Å². The molecule has 1 saturated heterocycles. The van der Waals surface area contributed by atoms with Crippen molar-refractivity contribution in [2.24, 2.45) is 0 Å². The van der Waals surface area contributed by atoms with Crippen LogP contribution in [0.4, 0.5) is 0 Å². The molecule has 0 saturated carbocycles. The molecular weight excluding hydrogens is 292 g/mol. The van der Waals surface area contributed by atoms with E-state index in [9.17, 15) is 0 Å². The molecule has 1 aliphatic heterocycles. The van der Waals surface area contributed by atoms with Crippen molar-refractivity contribution in [3.63, 3.8) is 0 Å². The minimum Gasteiger partial charge on any atom is -0.338 e. The summed E-state index contributed by atoms with van der Waals surface area (Å²) in [5, 5.41) is 11.4. The molecule has 1 atom stereocenters. The Morgan fingerprint density at radius 3 is 2.81 bits per heavy atom. The van der Waals surface area contributed by atoms with Crippen LogP contribution in [0.3, 0.4) is 0 Å². The first kappa shape index (κ1) is 14.5. The number of rotatable bonds is 3. The summed E-state index contributed by atoms with van der Waals surface area (Å²) in [4.78, 5) is 8.95. The molecule has 3 rings (SSSR count). The number of hydrogen-bond acceptors (Lipinski definition) is 6. The fraction of sp³-hybridized carbons (Fsp3) is 0.615. The van der Waals surface area contributed by atoms with Gasteiger partial charge in [0, 0.05) is 37.4 Å². The van der Waals surface area contributed by atoms with Crippen molar-refractivity contribution in [2.75, 3.05) is 26.7 Å². The Balaban J connectivity index is 1.74. The van der Waals surface area contributed by atoms with Gasteiger partial charge in [-0.15, -0.1) is 0 Å². The van der Waals surface area contributed by atoms with E-state index in [4.69, 9.17) is 16.1 Å². The normalized spacial score (nSPS) is 21.0. The average molecular weight is 311 g/mol. The molecule has 0 radical (unpaired) electrons. The van der Waals surface area contributed by atoms with Crippen LogP contribution >= 0.6 is 11.6 Å². The highest BCUT2D eigenvalue weighted by atomic mass is 35.5. The van der Waals surface area contributed by atoms with E-state index in [1.54, 1.807) is 0 Å². The van der Waals surface area contributed by atoms with Crippen LogP contribution in [0.25, 0.3) is 0 Å². The molecule has 0 spiro atoms. The van der Waals surface area contributed by atoms with Crippen LogP contribution in [-0.2, 0) is 6.54 Å². The predicted octanol–water partition coefficient (Wildman–Crippen LogP) is 1.55. The molecule has 0 bridgehead atoms. The lowest BCUT2D eigenvalue weighted by Crippen LogP contribution is -2.46. The van der Waals surface area contributed by atoms with E-state index in [2.05, 4.69) is 37.2 Å². The third kappa shape index (κ3) is 2.95. The molecule has 2 aromatic rings. The fourth-order valence-corrected chi connectivity index (χ4v) is 2.86. The van der Waals surface area contributed by atoms with E-state index in [1.807, 2.05) is 13.8 Å². The molecule has 21 heavy (non-hydrogen) atoms. The maximum atomic E-state index is 6.13. The van der Waals surface area contributed by atoms with Gasteiger partial charge in [0.1, 0.15) is 6.04 Å². The number of piperazine rings is 1. The number of aromatic amines is 1. The summed E-state index contributed by atoms with van der Waals surface area (Å²) in [7, 11) is 2.08. The number of aromatic nitrogens is 4. The highest BCUT2D eigenvalue weighted by Crippen LogP contribution is 2.25. The van der Waals surface area contributed by atoms with Crippen molar-refractivity contribution in [3.05, 3.63) is 28.1 Å². The SMILES string of the molecule is Cc1noc(C2CN(Cc3c(Cl)n[nH]c3C)CCN2C)n1. The topological polar surface area (TPSA) is 74.1 Å². The Morgan fingerprint density at radius 1 is 1.38 bits per heavy atom. The summed E-state index contributed by atoms with van der Waals surface area (Å²) < 4.78 is 5.33. The number of aryl methyl sites for hydroxylation is 2. The first-order valence-electron chi connectivity index (χ1n) is 6.96. The summed E-state index contributed by atoms with van der Waals surface area (Å²) in [5.41, 5.74) is 2.07. The second kappa shape index (κ2) is 5.75.